The molecule has 2 atom stereocenters. The van der Waals surface area contributed by atoms with Crippen molar-refractivity contribution in [2.45, 2.75) is 19.1 Å². The third-order valence-corrected chi connectivity index (χ3v) is 3.21. The second-order valence-electron chi connectivity index (χ2n) is 4.84. The number of carbonyl (C=O) groups is 2. The van der Waals surface area contributed by atoms with Gasteiger partial charge in [0.05, 0.1) is 49.4 Å². The van der Waals surface area contributed by atoms with E-state index in [9.17, 15) is 9.59 Å². The van der Waals surface area contributed by atoms with Gasteiger partial charge in [-0.05, 0) is 13.0 Å². The maximum atomic E-state index is 12.2. The highest BCUT2D eigenvalue weighted by Crippen LogP contribution is 2.15. The van der Waals surface area contributed by atoms with Crippen molar-refractivity contribution in [1.29, 1.82) is 0 Å². The Morgan fingerprint density at radius 3 is 2.95 bits per heavy atom. The van der Waals surface area contributed by atoms with E-state index in [1.165, 1.54) is 23.4 Å². The van der Waals surface area contributed by atoms with Crippen LogP contribution >= 0.6 is 0 Å². The molecule has 1 aromatic heterocycles. The predicted molar refractivity (Wildman–Crippen MR) is 73.2 cm³/mol. The summed E-state index contributed by atoms with van der Waals surface area (Å²) in [6.07, 6.45) is 2.17. The molecule has 0 bridgehead atoms. The van der Waals surface area contributed by atoms with Crippen LogP contribution < -0.4 is 5.32 Å². The number of hydrogen-bond acceptors (Lipinski definition) is 5. The predicted octanol–water partition coefficient (Wildman–Crippen LogP) is 0.393. The van der Waals surface area contributed by atoms with Crippen LogP contribution in [-0.4, -0.2) is 64.0 Å². The van der Waals surface area contributed by atoms with Crippen molar-refractivity contribution in [3.8, 4) is 0 Å². The third-order valence-electron chi connectivity index (χ3n) is 3.21. The van der Waals surface area contributed by atoms with E-state index in [-0.39, 0.29) is 30.8 Å². The molecule has 3 N–H and O–H groups in total. The topological polar surface area (TPSA) is 112 Å². The van der Waals surface area contributed by atoms with Crippen molar-refractivity contribution >= 4 is 17.7 Å². The normalized spacial score (nSPS) is 21.9. The number of rotatable bonds is 3. The largest absolute Gasteiger partial charge is 0.478 e. The molecule has 1 fully saturated rings. The summed E-state index contributed by atoms with van der Waals surface area (Å²) in [7, 11) is 0. The second-order valence-corrected chi connectivity index (χ2v) is 4.84. The number of nitrogens with one attached hydrogen (secondary N) is 1. The number of aliphatic hydroxyl groups is 1. The maximum absolute atomic E-state index is 12.2. The molecule has 1 aromatic rings. The number of nitrogens with zero attached hydrogens (tertiary/aromatic N) is 2. The van der Waals surface area contributed by atoms with Gasteiger partial charge in [-0.3, -0.25) is 4.98 Å². The first-order chi connectivity index (χ1) is 10.0. The fourth-order valence-corrected chi connectivity index (χ4v) is 2.03. The van der Waals surface area contributed by atoms with Gasteiger partial charge in [0.1, 0.15) is 0 Å². The highest BCUT2D eigenvalue weighted by molar-refractivity contribution is 5.92. The van der Waals surface area contributed by atoms with Crippen LogP contribution in [-0.2, 0) is 4.74 Å². The second kappa shape index (κ2) is 6.51. The van der Waals surface area contributed by atoms with E-state index in [1.54, 1.807) is 0 Å². The van der Waals surface area contributed by atoms with Crippen LogP contribution in [0, 0.1) is 0 Å². The summed E-state index contributed by atoms with van der Waals surface area (Å²) >= 11 is 0. The Hall–Kier alpha value is -2.19. The molecule has 21 heavy (non-hydrogen) atoms. The molecule has 0 radical (unpaired) electrons. The highest BCUT2D eigenvalue weighted by atomic mass is 16.5. The highest BCUT2D eigenvalue weighted by Gasteiger charge is 2.29. The van der Waals surface area contributed by atoms with E-state index in [0.29, 0.717) is 12.3 Å². The molecule has 1 saturated heterocycles. The number of aliphatic hydroxyl groups excluding tert-OH is 1. The monoisotopic (exact) mass is 295 g/mol. The van der Waals surface area contributed by atoms with E-state index in [2.05, 4.69) is 10.3 Å². The van der Waals surface area contributed by atoms with Crippen LogP contribution in [0.25, 0.3) is 0 Å². The van der Waals surface area contributed by atoms with Crippen molar-refractivity contribution in [3.05, 3.63) is 24.0 Å². The van der Waals surface area contributed by atoms with Gasteiger partial charge in [0.2, 0.25) is 0 Å². The Kier molecular flexibility index (Phi) is 4.71. The van der Waals surface area contributed by atoms with Gasteiger partial charge in [-0.15, -0.1) is 0 Å². The summed E-state index contributed by atoms with van der Waals surface area (Å²) in [5.74, 6) is -1.11. The molecule has 2 amide bonds. The third kappa shape index (κ3) is 3.67. The molecule has 1 aliphatic rings. The molecule has 2 rings (SSSR count). The Labute approximate surface area is 121 Å². The van der Waals surface area contributed by atoms with Gasteiger partial charge >= 0.3 is 12.0 Å². The molecule has 0 aliphatic carbocycles. The van der Waals surface area contributed by atoms with Gasteiger partial charge in [0, 0.05) is 6.20 Å². The van der Waals surface area contributed by atoms with Crippen molar-refractivity contribution < 1.29 is 24.5 Å². The van der Waals surface area contributed by atoms with Crippen molar-refractivity contribution in [2.24, 2.45) is 0 Å². The number of carboxylic acid groups (broad SMARTS) is 1. The Bertz CT molecular complexity index is 536. The first kappa shape index (κ1) is 15.2. The molecule has 8 nitrogen and oxygen atoms in total. The smallest absolute Gasteiger partial charge is 0.337 e. The number of morpholine rings is 1. The SMILES string of the molecule is CC1COC(CO)CN1C(=O)Nc1cncc(C(=O)O)c1. The minimum Gasteiger partial charge on any atom is -0.478 e. The van der Waals surface area contributed by atoms with E-state index in [0.717, 1.165) is 0 Å². The standard InChI is InChI=1S/C13H17N3O5/c1-8-7-21-11(6-17)5-16(8)13(20)15-10-2-9(12(18)19)3-14-4-10/h2-4,8,11,17H,5-7H2,1H3,(H,15,20)(H,18,19). The lowest BCUT2D eigenvalue weighted by Crippen LogP contribution is -2.53. The number of pyridine rings is 1. The van der Waals surface area contributed by atoms with Crippen LogP contribution in [0.15, 0.2) is 18.5 Å². The summed E-state index contributed by atoms with van der Waals surface area (Å²) in [6.45, 7) is 2.28. The van der Waals surface area contributed by atoms with E-state index < -0.39 is 12.1 Å². The number of ether oxygens (including phenoxy) is 1. The molecule has 0 aromatic carbocycles. The molecule has 1 aliphatic heterocycles. The average molecular weight is 295 g/mol. The summed E-state index contributed by atoms with van der Waals surface area (Å²) in [6, 6.07) is 0.819. The number of aromatic nitrogens is 1. The average Bonchev–Trinajstić information content (AvgIpc) is 2.48. The molecule has 0 saturated carbocycles. The first-order valence-electron chi connectivity index (χ1n) is 6.49. The van der Waals surface area contributed by atoms with Gasteiger partial charge in [-0.1, -0.05) is 0 Å². The molecular formula is C13H17N3O5. The van der Waals surface area contributed by atoms with Crippen LogP contribution in [0.5, 0.6) is 0 Å². The number of aromatic carboxylic acids is 1. The Morgan fingerprint density at radius 2 is 2.29 bits per heavy atom. The summed E-state index contributed by atoms with van der Waals surface area (Å²) in [5.41, 5.74) is 0.301. The lowest BCUT2D eigenvalue weighted by Gasteiger charge is -2.37. The minimum atomic E-state index is -1.11. The number of carbonyl (C=O) groups excluding carboxylic acids is 1. The summed E-state index contributed by atoms with van der Waals surface area (Å²) < 4.78 is 5.36. The number of carboxylic acids is 1. The summed E-state index contributed by atoms with van der Waals surface area (Å²) in [4.78, 5) is 28.4. The van der Waals surface area contributed by atoms with Gasteiger partial charge in [-0.25, -0.2) is 9.59 Å². The molecule has 2 heterocycles. The fourth-order valence-electron chi connectivity index (χ4n) is 2.03. The number of urea groups is 1. The van der Waals surface area contributed by atoms with Gasteiger partial charge < -0.3 is 25.2 Å². The van der Waals surface area contributed by atoms with Crippen molar-refractivity contribution in [2.75, 3.05) is 25.1 Å². The molecule has 0 spiro atoms. The first-order valence-corrected chi connectivity index (χ1v) is 6.49. The molecule has 8 heteroatoms. The number of anilines is 1. The van der Waals surface area contributed by atoms with Crippen molar-refractivity contribution in [3.63, 3.8) is 0 Å². The minimum absolute atomic E-state index is 0.00365. The zero-order chi connectivity index (χ0) is 15.4. The Morgan fingerprint density at radius 1 is 1.52 bits per heavy atom. The molecule has 2 unspecified atom stereocenters. The number of hydrogen-bond donors (Lipinski definition) is 3. The van der Waals surface area contributed by atoms with Crippen molar-refractivity contribution in [1.82, 2.24) is 9.88 Å². The van der Waals surface area contributed by atoms with Gasteiger partial charge in [0.25, 0.3) is 0 Å². The molecule has 114 valence electrons. The van der Waals surface area contributed by atoms with E-state index in [1.807, 2.05) is 6.92 Å². The van der Waals surface area contributed by atoms with Gasteiger partial charge in [0.15, 0.2) is 0 Å². The van der Waals surface area contributed by atoms with Crippen LogP contribution in [0.2, 0.25) is 0 Å². The van der Waals surface area contributed by atoms with Crippen LogP contribution in [0.4, 0.5) is 10.5 Å². The lowest BCUT2D eigenvalue weighted by molar-refractivity contribution is -0.0611. The van der Waals surface area contributed by atoms with Crippen LogP contribution in [0.3, 0.4) is 0 Å². The molecular weight excluding hydrogens is 278 g/mol. The van der Waals surface area contributed by atoms with Crippen LogP contribution in [0.1, 0.15) is 17.3 Å². The fraction of sp³-hybridized carbons (Fsp3) is 0.462. The quantitative estimate of drug-likeness (QED) is 0.744. The summed E-state index contributed by atoms with van der Waals surface area (Å²) in [5, 5.41) is 20.6. The van der Waals surface area contributed by atoms with Gasteiger partial charge in [-0.2, -0.15) is 0 Å². The zero-order valence-corrected chi connectivity index (χ0v) is 11.5. The van der Waals surface area contributed by atoms with E-state index in [4.69, 9.17) is 14.9 Å². The lowest BCUT2D eigenvalue weighted by atomic mass is 10.2. The maximum Gasteiger partial charge on any atom is 0.337 e. The number of amides is 2. The Balaban J connectivity index is 2.06. The van der Waals surface area contributed by atoms with E-state index >= 15 is 0 Å². The zero-order valence-electron chi connectivity index (χ0n) is 11.5.